The summed E-state index contributed by atoms with van der Waals surface area (Å²) in [7, 11) is 0. The molecule has 0 aliphatic heterocycles. The fourth-order valence-electron chi connectivity index (χ4n) is 2.89. The van der Waals surface area contributed by atoms with Gasteiger partial charge in [-0.1, -0.05) is 32.4 Å². The Morgan fingerprint density at radius 3 is 2.67 bits per heavy atom. The summed E-state index contributed by atoms with van der Waals surface area (Å²) >= 11 is 0. The summed E-state index contributed by atoms with van der Waals surface area (Å²) in [6, 6.07) is 8.82. The summed E-state index contributed by atoms with van der Waals surface area (Å²) < 4.78 is 5.73. The van der Waals surface area contributed by atoms with Crippen LogP contribution in [0.15, 0.2) is 24.3 Å². The Hall–Kier alpha value is -1.06. The molecule has 1 fully saturated rings. The Morgan fingerprint density at radius 1 is 1.24 bits per heavy atom. The van der Waals surface area contributed by atoms with Crippen LogP contribution in [0.4, 0.5) is 0 Å². The number of benzene rings is 1. The summed E-state index contributed by atoms with van der Waals surface area (Å²) in [4.78, 5) is 0. The van der Waals surface area contributed by atoms with Gasteiger partial charge < -0.3 is 15.2 Å². The topological polar surface area (TPSA) is 41.5 Å². The first kappa shape index (κ1) is 16.3. The zero-order valence-electron chi connectivity index (χ0n) is 13.3. The Morgan fingerprint density at radius 2 is 2.00 bits per heavy atom. The minimum absolute atomic E-state index is 0.306. The van der Waals surface area contributed by atoms with Gasteiger partial charge in [-0.25, -0.2) is 0 Å². The molecule has 1 aliphatic rings. The molecule has 2 N–H and O–H groups in total. The third-order valence-corrected chi connectivity index (χ3v) is 4.35. The van der Waals surface area contributed by atoms with Gasteiger partial charge in [0.05, 0.1) is 6.61 Å². The van der Waals surface area contributed by atoms with Crippen molar-refractivity contribution < 1.29 is 9.84 Å². The second kappa shape index (κ2) is 8.40. The third-order valence-electron chi connectivity index (χ3n) is 4.35. The van der Waals surface area contributed by atoms with Crippen LogP contribution < -0.4 is 10.1 Å². The van der Waals surface area contributed by atoms with Crippen molar-refractivity contribution in [2.24, 2.45) is 11.8 Å². The molecule has 0 saturated heterocycles. The van der Waals surface area contributed by atoms with E-state index in [9.17, 15) is 5.11 Å². The van der Waals surface area contributed by atoms with E-state index in [0.717, 1.165) is 31.7 Å². The van der Waals surface area contributed by atoms with Gasteiger partial charge in [0.2, 0.25) is 0 Å². The highest BCUT2D eigenvalue weighted by Gasteiger charge is 2.25. The molecular formula is C18H29NO2. The van der Waals surface area contributed by atoms with E-state index in [0.29, 0.717) is 24.5 Å². The van der Waals surface area contributed by atoms with E-state index in [1.807, 2.05) is 0 Å². The van der Waals surface area contributed by atoms with Crippen LogP contribution in [0.3, 0.4) is 0 Å². The van der Waals surface area contributed by atoms with Gasteiger partial charge in [0.1, 0.15) is 5.75 Å². The highest BCUT2D eigenvalue weighted by atomic mass is 16.5. The van der Waals surface area contributed by atoms with E-state index >= 15 is 0 Å². The summed E-state index contributed by atoms with van der Waals surface area (Å²) in [6.07, 6.45) is 4.65. The molecule has 1 aromatic rings. The first-order valence-corrected chi connectivity index (χ1v) is 8.25. The van der Waals surface area contributed by atoms with Gasteiger partial charge >= 0.3 is 0 Å². The average Bonchev–Trinajstić information content (AvgIpc) is 2.93. The zero-order chi connectivity index (χ0) is 15.1. The highest BCUT2D eigenvalue weighted by Crippen LogP contribution is 2.25. The standard InChI is InChI=1S/C18H29NO2/c1-14(2)10-11-21-17-8-6-15(7-9-17)12-19-18-5-3-4-16(18)13-20/h6-9,14,16,18-20H,3-5,10-13H2,1-2H3. The van der Waals surface area contributed by atoms with Crippen LogP contribution in [-0.4, -0.2) is 24.4 Å². The first-order chi connectivity index (χ1) is 10.2. The quantitative estimate of drug-likeness (QED) is 0.771. The van der Waals surface area contributed by atoms with Crippen LogP contribution >= 0.6 is 0 Å². The highest BCUT2D eigenvalue weighted by molar-refractivity contribution is 5.27. The largest absolute Gasteiger partial charge is 0.494 e. The predicted octanol–water partition coefficient (Wildman–Crippen LogP) is 3.36. The molecule has 21 heavy (non-hydrogen) atoms. The molecule has 1 aliphatic carbocycles. The van der Waals surface area contributed by atoms with Gasteiger partial charge in [-0.05, 0) is 48.8 Å². The van der Waals surface area contributed by atoms with Crippen molar-refractivity contribution in [2.45, 2.75) is 52.1 Å². The van der Waals surface area contributed by atoms with Crippen molar-refractivity contribution in [3.63, 3.8) is 0 Å². The number of rotatable bonds is 8. The Balaban J connectivity index is 1.74. The summed E-state index contributed by atoms with van der Waals surface area (Å²) in [6.45, 7) is 6.38. The predicted molar refractivity (Wildman–Crippen MR) is 86.4 cm³/mol. The van der Waals surface area contributed by atoms with Gasteiger partial charge in [0.15, 0.2) is 0 Å². The molecule has 0 spiro atoms. The molecule has 2 unspecified atom stereocenters. The molecule has 118 valence electrons. The lowest BCUT2D eigenvalue weighted by Gasteiger charge is -2.19. The normalized spacial score (nSPS) is 21.9. The van der Waals surface area contributed by atoms with Gasteiger partial charge in [0, 0.05) is 19.2 Å². The molecule has 1 aromatic carbocycles. The van der Waals surface area contributed by atoms with Crippen LogP contribution in [-0.2, 0) is 6.54 Å². The Labute approximate surface area is 128 Å². The summed E-state index contributed by atoms with van der Waals surface area (Å²) in [5, 5.41) is 12.9. The fraction of sp³-hybridized carbons (Fsp3) is 0.667. The molecule has 0 bridgehead atoms. The minimum atomic E-state index is 0.306. The second-order valence-corrected chi connectivity index (χ2v) is 6.54. The van der Waals surface area contributed by atoms with Crippen molar-refractivity contribution in [2.75, 3.05) is 13.2 Å². The van der Waals surface area contributed by atoms with Crippen LogP contribution in [0.1, 0.15) is 45.1 Å². The molecule has 1 saturated carbocycles. The number of hydrogen-bond acceptors (Lipinski definition) is 3. The maximum atomic E-state index is 9.33. The van der Waals surface area contributed by atoms with Crippen LogP contribution in [0.5, 0.6) is 5.75 Å². The van der Waals surface area contributed by atoms with Gasteiger partial charge in [-0.2, -0.15) is 0 Å². The molecule has 0 aromatic heterocycles. The van der Waals surface area contributed by atoms with Crippen molar-refractivity contribution in [1.29, 1.82) is 0 Å². The van der Waals surface area contributed by atoms with Gasteiger partial charge in [-0.3, -0.25) is 0 Å². The molecule has 2 rings (SSSR count). The molecule has 0 heterocycles. The maximum absolute atomic E-state index is 9.33. The van der Waals surface area contributed by atoms with E-state index in [-0.39, 0.29) is 0 Å². The molecule has 0 radical (unpaired) electrons. The fourth-order valence-corrected chi connectivity index (χ4v) is 2.89. The van der Waals surface area contributed by atoms with Crippen LogP contribution in [0.2, 0.25) is 0 Å². The molecule has 2 atom stereocenters. The minimum Gasteiger partial charge on any atom is -0.494 e. The smallest absolute Gasteiger partial charge is 0.119 e. The molecule has 0 amide bonds. The van der Waals surface area contributed by atoms with Gasteiger partial charge in [0.25, 0.3) is 0 Å². The molecule has 3 heteroatoms. The van der Waals surface area contributed by atoms with E-state index in [1.54, 1.807) is 0 Å². The van der Waals surface area contributed by atoms with E-state index in [1.165, 1.54) is 18.4 Å². The lowest BCUT2D eigenvalue weighted by molar-refractivity contribution is 0.205. The van der Waals surface area contributed by atoms with Crippen molar-refractivity contribution in [1.82, 2.24) is 5.32 Å². The maximum Gasteiger partial charge on any atom is 0.119 e. The number of hydrogen-bond donors (Lipinski definition) is 2. The number of aliphatic hydroxyl groups is 1. The van der Waals surface area contributed by atoms with Gasteiger partial charge in [-0.15, -0.1) is 0 Å². The first-order valence-electron chi connectivity index (χ1n) is 8.25. The van der Waals surface area contributed by atoms with Crippen molar-refractivity contribution in [3.05, 3.63) is 29.8 Å². The lowest BCUT2D eigenvalue weighted by atomic mass is 10.0. The molecular weight excluding hydrogens is 262 g/mol. The van der Waals surface area contributed by atoms with Crippen molar-refractivity contribution in [3.8, 4) is 5.75 Å². The third kappa shape index (κ3) is 5.33. The van der Waals surface area contributed by atoms with E-state index in [4.69, 9.17) is 4.74 Å². The second-order valence-electron chi connectivity index (χ2n) is 6.54. The Bertz CT molecular complexity index is 402. The monoisotopic (exact) mass is 291 g/mol. The van der Waals surface area contributed by atoms with Crippen LogP contribution in [0, 0.1) is 11.8 Å². The SMILES string of the molecule is CC(C)CCOc1ccc(CNC2CCCC2CO)cc1. The van der Waals surface area contributed by atoms with Crippen molar-refractivity contribution >= 4 is 0 Å². The Kier molecular flexibility index (Phi) is 6.52. The number of nitrogens with one attached hydrogen (secondary N) is 1. The van der Waals surface area contributed by atoms with E-state index < -0.39 is 0 Å². The molecule has 3 nitrogen and oxygen atoms in total. The average molecular weight is 291 g/mol. The van der Waals surface area contributed by atoms with Crippen LogP contribution in [0.25, 0.3) is 0 Å². The summed E-state index contributed by atoms with van der Waals surface area (Å²) in [5.41, 5.74) is 1.27. The zero-order valence-corrected chi connectivity index (χ0v) is 13.3. The lowest BCUT2D eigenvalue weighted by Crippen LogP contribution is -2.33. The number of ether oxygens (including phenoxy) is 1. The summed E-state index contributed by atoms with van der Waals surface area (Å²) in [5.74, 6) is 2.07. The number of aliphatic hydroxyl groups excluding tert-OH is 1. The van der Waals surface area contributed by atoms with E-state index in [2.05, 4.69) is 43.4 Å².